The number of carbonyl (C=O) groups is 3. The first-order valence-electron chi connectivity index (χ1n) is 10.3. The number of likely N-dealkylation sites (tertiary alicyclic amines) is 1. The monoisotopic (exact) mass is 411 g/mol. The van der Waals surface area contributed by atoms with Gasteiger partial charge in [-0.05, 0) is 30.5 Å². The molecule has 0 unspecified atom stereocenters. The number of ether oxygens (including phenoxy) is 2. The summed E-state index contributed by atoms with van der Waals surface area (Å²) in [6.07, 6.45) is 4.92. The third-order valence-corrected chi connectivity index (χ3v) is 6.68. The molecule has 5 rings (SSSR count). The second kappa shape index (κ2) is 6.84. The first kappa shape index (κ1) is 19.1. The molecule has 5 atom stereocenters. The first-order valence-corrected chi connectivity index (χ1v) is 10.3. The van der Waals surface area contributed by atoms with Gasteiger partial charge in [0.25, 0.3) is 0 Å². The lowest BCUT2D eigenvalue weighted by molar-refractivity contribution is -0.142. The van der Waals surface area contributed by atoms with Crippen molar-refractivity contribution in [3.63, 3.8) is 0 Å². The zero-order valence-electron chi connectivity index (χ0n) is 17.0. The highest BCUT2D eigenvalue weighted by molar-refractivity contribution is 6.00. The summed E-state index contributed by atoms with van der Waals surface area (Å²) in [6.45, 7) is 0.332. The largest absolute Gasteiger partial charge is 0.497 e. The van der Waals surface area contributed by atoms with Gasteiger partial charge in [0.05, 0.1) is 25.0 Å². The summed E-state index contributed by atoms with van der Waals surface area (Å²) >= 11 is 0. The molecule has 8 heteroatoms. The molecule has 2 bridgehead atoms. The Bertz CT molecular complexity index is 925. The number of methoxy groups -OCH3 is 1. The molecule has 1 aliphatic carbocycles. The van der Waals surface area contributed by atoms with Gasteiger partial charge in [-0.25, -0.2) is 0 Å². The number of hydrogen-bond donors (Lipinski definition) is 2. The molecule has 30 heavy (non-hydrogen) atoms. The Morgan fingerprint density at radius 1 is 1.23 bits per heavy atom. The number of benzene rings is 1. The minimum Gasteiger partial charge on any atom is -0.497 e. The lowest BCUT2D eigenvalue weighted by Crippen LogP contribution is -2.55. The van der Waals surface area contributed by atoms with Crippen LogP contribution in [-0.2, 0) is 25.7 Å². The summed E-state index contributed by atoms with van der Waals surface area (Å²) in [5, 5.41) is 5.62. The van der Waals surface area contributed by atoms with Gasteiger partial charge in [0, 0.05) is 19.6 Å². The van der Waals surface area contributed by atoms with E-state index >= 15 is 0 Å². The molecule has 3 fully saturated rings. The summed E-state index contributed by atoms with van der Waals surface area (Å²) in [7, 11) is 3.16. The minimum absolute atomic E-state index is 0.0376. The third-order valence-electron chi connectivity index (χ3n) is 6.68. The van der Waals surface area contributed by atoms with Crippen molar-refractivity contribution in [1.29, 1.82) is 0 Å². The standard InChI is InChI=1S/C22H25N3O5/c1-23-19(26)16-15-9-10-22(30-15)17(16)21(28)25(13-5-6-13)18(22)20(27)24-11-12-3-7-14(29-2)8-4-12/h3-4,7-10,13,15-18H,5-6,11H2,1-2H3,(H,23,26)(H,24,27)/t15-,16-,17-,18+,22-/m1/s1. The van der Waals surface area contributed by atoms with E-state index in [-0.39, 0.29) is 23.8 Å². The fourth-order valence-electron chi connectivity index (χ4n) is 5.15. The minimum atomic E-state index is -1.08. The second-order valence-electron chi connectivity index (χ2n) is 8.36. The molecule has 1 aromatic rings. The SMILES string of the molecule is CNC(=O)[C@@H]1[C@H]2C=C[C@]3(O2)[C@H](C(=O)NCc2ccc(OC)cc2)N(C2CC2)C(=O)[C@@H]13. The van der Waals surface area contributed by atoms with E-state index in [9.17, 15) is 14.4 Å². The van der Waals surface area contributed by atoms with Gasteiger partial charge in [-0.3, -0.25) is 14.4 Å². The molecule has 0 aromatic heterocycles. The van der Waals surface area contributed by atoms with Gasteiger partial charge in [0.15, 0.2) is 0 Å². The number of nitrogens with one attached hydrogen (secondary N) is 2. The van der Waals surface area contributed by atoms with E-state index in [0.717, 1.165) is 24.2 Å². The van der Waals surface area contributed by atoms with Crippen molar-refractivity contribution in [2.75, 3.05) is 14.2 Å². The predicted octanol–water partition coefficient (Wildman–Crippen LogP) is 0.370. The zero-order valence-corrected chi connectivity index (χ0v) is 17.0. The summed E-state index contributed by atoms with van der Waals surface area (Å²) < 4.78 is 11.4. The highest BCUT2D eigenvalue weighted by atomic mass is 16.5. The van der Waals surface area contributed by atoms with Crippen LogP contribution in [0.1, 0.15) is 18.4 Å². The van der Waals surface area contributed by atoms with E-state index in [1.54, 1.807) is 19.1 Å². The third kappa shape index (κ3) is 2.66. The van der Waals surface area contributed by atoms with Crippen molar-refractivity contribution < 1.29 is 23.9 Å². The van der Waals surface area contributed by atoms with Gasteiger partial charge in [0.2, 0.25) is 17.7 Å². The van der Waals surface area contributed by atoms with Crippen LogP contribution in [0.2, 0.25) is 0 Å². The van der Waals surface area contributed by atoms with Crippen LogP contribution in [0, 0.1) is 11.8 Å². The maximum atomic E-state index is 13.4. The summed E-state index contributed by atoms with van der Waals surface area (Å²) in [4.78, 5) is 40.9. The van der Waals surface area contributed by atoms with Crippen LogP contribution in [0.25, 0.3) is 0 Å². The van der Waals surface area contributed by atoms with Crippen molar-refractivity contribution in [2.24, 2.45) is 11.8 Å². The predicted molar refractivity (Wildman–Crippen MR) is 106 cm³/mol. The summed E-state index contributed by atoms with van der Waals surface area (Å²) in [6, 6.07) is 6.72. The topological polar surface area (TPSA) is 97.0 Å². The van der Waals surface area contributed by atoms with E-state index in [4.69, 9.17) is 9.47 Å². The highest BCUT2D eigenvalue weighted by Gasteiger charge is 2.73. The van der Waals surface area contributed by atoms with Crippen molar-refractivity contribution in [3.8, 4) is 5.75 Å². The molecule has 3 heterocycles. The van der Waals surface area contributed by atoms with E-state index in [0.29, 0.717) is 6.54 Å². The molecule has 3 aliphatic heterocycles. The fourth-order valence-corrected chi connectivity index (χ4v) is 5.15. The quantitative estimate of drug-likeness (QED) is 0.660. The number of fused-ring (bicyclic) bond motifs is 1. The highest BCUT2D eigenvalue weighted by Crippen LogP contribution is 2.56. The van der Waals surface area contributed by atoms with Gasteiger partial charge >= 0.3 is 0 Å². The van der Waals surface area contributed by atoms with Gasteiger partial charge in [-0.15, -0.1) is 0 Å². The molecule has 3 amide bonds. The number of nitrogens with zero attached hydrogens (tertiary/aromatic N) is 1. The molecule has 158 valence electrons. The van der Waals surface area contributed by atoms with Gasteiger partial charge in [-0.2, -0.15) is 0 Å². The summed E-state index contributed by atoms with van der Waals surface area (Å²) in [5.74, 6) is -1.15. The molecule has 2 saturated heterocycles. The van der Waals surface area contributed by atoms with Gasteiger partial charge in [-0.1, -0.05) is 24.3 Å². The Morgan fingerprint density at radius 2 is 1.97 bits per heavy atom. The average molecular weight is 411 g/mol. The van der Waals surface area contributed by atoms with Crippen LogP contribution < -0.4 is 15.4 Å². The Labute approximate surface area is 174 Å². The van der Waals surface area contributed by atoms with E-state index < -0.39 is 29.6 Å². The number of rotatable bonds is 6. The van der Waals surface area contributed by atoms with Crippen molar-refractivity contribution in [2.45, 2.75) is 43.2 Å². The molecule has 0 radical (unpaired) electrons. The second-order valence-corrected chi connectivity index (χ2v) is 8.36. The average Bonchev–Trinajstić information content (AvgIpc) is 3.36. The maximum Gasteiger partial charge on any atom is 0.246 e. The number of hydrogen-bond acceptors (Lipinski definition) is 5. The van der Waals surface area contributed by atoms with Gasteiger partial charge < -0.3 is 25.0 Å². The molecule has 1 spiro atoms. The summed E-state index contributed by atoms with van der Waals surface area (Å²) in [5.41, 5.74) is -0.151. The fraction of sp³-hybridized carbons (Fsp3) is 0.500. The Morgan fingerprint density at radius 3 is 2.60 bits per heavy atom. The molecular formula is C22H25N3O5. The Balaban J connectivity index is 1.41. The van der Waals surface area contributed by atoms with Crippen molar-refractivity contribution in [1.82, 2.24) is 15.5 Å². The number of amides is 3. The van der Waals surface area contributed by atoms with Crippen LogP contribution in [0.15, 0.2) is 36.4 Å². The zero-order chi connectivity index (χ0) is 21.0. The Hall–Kier alpha value is -2.87. The molecule has 4 aliphatic rings. The van der Waals surface area contributed by atoms with Crippen LogP contribution in [0.4, 0.5) is 0 Å². The Kier molecular flexibility index (Phi) is 4.36. The van der Waals surface area contributed by atoms with Crippen LogP contribution in [0.5, 0.6) is 5.75 Å². The molecular weight excluding hydrogens is 386 g/mol. The van der Waals surface area contributed by atoms with E-state index in [2.05, 4.69) is 10.6 Å². The van der Waals surface area contributed by atoms with Crippen LogP contribution in [0.3, 0.4) is 0 Å². The number of carbonyl (C=O) groups excluding carboxylic acids is 3. The van der Waals surface area contributed by atoms with Crippen LogP contribution >= 0.6 is 0 Å². The molecule has 1 aromatic carbocycles. The molecule has 2 N–H and O–H groups in total. The van der Waals surface area contributed by atoms with Crippen molar-refractivity contribution in [3.05, 3.63) is 42.0 Å². The lowest BCUT2D eigenvalue weighted by Gasteiger charge is -2.32. The first-order chi connectivity index (χ1) is 14.5. The van der Waals surface area contributed by atoms with E-state index in [1.807, 2.05) is 36.4 Å². The van der Waals surface area contributed by atoms with Crippen molar-refractivity contribution >= 4 is 17.7 Å². The smallest absolute Gasteiger partial charge is 0.246 e. The normalized spacial score (nSPS) is 33.5. The van der Waals surface area contributed by atoms with Crippen LogP contribution in [-0.4, -0.2) is 60.6 Å². The lowest BCUT2D eigenvalue weighted by atomic mass is 9.74. The molecule has 8 nitrogen and oxygen atoms in total. The van der Waals surface area contributed by atoms with Gasteiger partial charge in [0.1, 0.15) is 17.4 Å². The van der Waals surface area contributed by atoms with E-state index in [1.165, 1.54) is 0 Å². The molecule has 1 saturated carbocycles. The maximum absolute atomic E-state index is 13.4.